The van der Waals surface area contributed by atoms with Crippen LogP contribution in [0.3, 0.4) is 0 Å². The third-order valence-electron chi connectivity index (χ3n) is 3.08. The Morgan fingerprint density at radius 2 is 1.77 bits per heavy atom. The fourth-order valence-electron chi connectivity index (χ4n) is 1.91. The Bertz CT molecular complexity index is 763. The van der Waals surface area contributed by atoms with E-state index in [1.807, 2.05) is 19.9 Å². The molecule has 1 heterocycles. The van der Waals surface area contributed by atoms with Crippen LogP contribution in [0.5, 0.6) is 0 Å². The van der Waals surface area contributed by atoms with E-state index >= 15 is 0 Å². The number of furan rings is 1. The van der Waals surface area contributed by atoms with Gasteiger partial charge in [0.1, 0.15) is 11.5 Å². The minimum atomic E-state index is -3.24. The summed E-state index contributed by atoms with van der Waals surface area (Å²) in [6, 6.07) is 8.94. The summed E-state index contributed by atoms with van der Waals surface area (Å²) in [5.74, 6) is 1.44. The molecule has 0 fully saturated rings. The molecule has 0 aliphatic carbocycles. The first-order valence-corrected chi connectivity index (χ1v) is 8.59. The predicted molar refractivity (Wildman–Crippen MR) is 83.6 cm³/mol. The number of aryl methyl sites for hydroxylation is 1. The second-order valence-electron chi connectivity index (χ2n) is 5.07. The summed E-state index contributed by atoms with van der Waals surface area (Å²) in [7, 11) is -3.24. The molecule has 1 atom stereocenters. The summed E-state index contributed by atoms with van der Waals surface area (Å²) < 4.78 is 28.2. The Labute approximate surface area is 129 Å². The van der Waals surface area contributed by atoms with E-state index in [0.717, 1.165) is 12.0 Å². The van der Waals surface area contributed by atoms with Crippen molar-refractivity contribution in [3.8, 4) is 0 Å². The maximum atomic E-state index is 11.9. The van der Waals surface area contributed by atoms with Crippen LogP contribution in [-0.4, -0.2) is 20.7 Å². The number of hydrogen-bond donors (Lipinski definition) is 2. The molecule has 2 rings (SSSR count). The van der Waals surface area contributed by atoms with Crippen LogP contribution >= 0.6 is 0 Å². The molecular formula is C15H18N2O4S. The second kappa shape index (κ2) is 6.23. The van der Waals surface area contributed by atoms with E-state index in [1.54, 1.807) is 6.07 Å². The number of hydrogen-bond acceptors (Lipinski definition) is 4. The first kappa shape index (κ1) is 16.1. The molecule has 2 amide bonds. The van der Waals surface area contributed by atoms with E-state index in [4.69, 9.17) is 4.42 Å². The molecule has 0 aliphatic heterocycles. The third kappa shape index (κ3) is 4.11. The van der Waals surface area contributed by atoms with Crippen LogP contribution in [0.2, 0.25) is 0 Å². The van der Waals surface area contributed by atoms with Gasteiger partial charge in [-0.15, -0.1) is 0 Å². The zero-order valence-corrected chi connectivity index (χ0v) is 13.4. The number of rotatable bonds is 4. The second-order valence-corrected chi connectivity index (χ2v) is 7.08. The van der Waals surface area contributed by atoms with Crippen molar-refractivity contribution >= 4 is 21.6 Å². The first-order chi connectivity index (χ1) is 10.3. The predicted octanol–water partition coefficient (Wildman–Crippen LogP) is 2.87. The summed E-state index contributed by atoms with van der Waals surface area (Å²) in [6.07, 6.45) is 1.13. The molecule has 6 nitrogen and oxygen atoms in total. The first-order valence-electron chi connectivity index (χ1n) is 6.69. The van der Waals surface area contributed by atoms with E-state index < -0.39 is 15.9 Å². The van der Waals surface area contributed by atoms with Gasteiger partial charge < -0.3 is 15.1 Å². The van der Waals surface area contributed by atoms with Crippen molar-refractivity contribution in [2.24, 2.45) is 0 Å². The largest absolute Gasteiger partial charge is 0.464 e. The summed E-state index contributed by atoms with van der Waals surface area (Å²) in [5, 5.41) is 5.38. The number of urea groups is 1. The van der Waals surface area contributed by atoms with E-state index in [1.165, 1.54) is 24.3 Å². The highest BCUT2D eigenvalue weighted by Crippen LogP contribution is 2.17. The van der Waals surface area contributed by atoms with E-state index in [9.17, 15) is 13.2 Å². The Kier molecular flexibility index (Phi) is 4.56. The van der Waals surface area contributed by atoms with Crippen molar-refractivity contribution in [3.05, 3.63) is 47.9 Å². The van der Waals surface area contributed by atoms with Gasteiger partial charge in [-0.25, -0.2) is 13.2 Å². The molecule has 0 saturated carbocycles. The Morgan fingerprint density at radius 1 is 1.14 bits per heavy atom. The lowest BCUT2D eigenvalue weighted by Gasteiger charge is -2.12. The summed E-state index contributed by atoms with van der Waals surface area (Å²) in [5.41, 5.74) is 0.507. The van der Waals surface area contributed by atoms with Crippen LogP contribution in [0.15, 0.2) is 45.7 Å². The van der Waals surface area contributed by atoms with Crippen molar-refractivity contribution in [1.82, 2.24) is 5.32 Å². The number of carbonyl (C=O) groups excluding carboxylic acids is 1. The molecule has 0 aliphatic rings. The molecular weight excluding hydrogens is 304 g/mol. The van der Waals surface area contributed by atoms with Crippen molar-refractivity contribution in [2.45, 2.75) is 24.8 Å². The molecule has 0 radical (unpaired) electrons. The lowest BCUT2D eigenvalue weighted by atomic mass is 10.2. The van der Waals surface area contributed by atoms with Crippen LogP contribution in [0.4, 0.5) is 10.5 Å². The highest BCUT2D eigenvalue weighted by atomic mass is 32.2. The quantitative estimate of drug-likeness (QED) is 0.906. The Balaban J connectivity index is 1.97. The van der Waals surface area contributed by atoms with Crippen molar-refractivity contribution in [1.29, 1.82) is 0 Å². The molecule has 0 saturated heterocycles. The van der Waals surface area contributed by atoms with Crippen LogP contribution in [0, 0.1) is 6.92 Å². The number of carbonyl (C=O) groups is 1. The number of benzene rings is 1. The number of nitrogens with one attached hydrogen (secondary N) is 2. The molecule has 0 spiro atoms. The maximum absolute atomic E-state index is 11.9. The normalized spacial score (nSPS) is 12.7. The van der Waals surface area contributed by atoms with Gasteiger partial charge in [-0.1, -0.05) is 0 Å². The van der Waals surface area contributed by atoms with E-state index in [-0.39, 0.29) is 10.9 Å². The van der Waals surface area contributed by atoms with Gasteiger partial charge in [0.05, 0.1) is 10.9 Å². The SMILES string of the molecule is Cc1ccc([C@H](C)NC(=O)Nc2ccc(S(C)(=O)=O)cc2)o1. The van der Waals surface area contributed by atoms with Gasteiger partial charge >= 0.3 is 6.03 Å². The van der Waals surface area contributed by atoms with Gasteiger partial charge in [0.15, 0.2) is 9.84 Å². The fourth-order valence-corrected chi connectivity index (χ4v) is 2.54. The fraction of sp³-hybridized carbons (Fsp3) is 0.267. The highest BCUT2D eigenvalue weighted by molar-refractivity contribution is 7.90. The van der Waals surface area contributed by atoms with Gasteiger partial charge in [0.25, 0.3) is 0 Å². The third-order valence-corrected chi connectivity index (χ3v) is 4.20. The van der Waals surface area contributed by atoms with Crippen LogP contribution in [0.25, 0.3) is 0 Å². The highest BCUT2D eigenvalue weighted by Gasteiger charge is 2.13. The monoisotopic (exact) mass is 322 g/mol. The van der Waals surface area contributed by atoms with Crippen LogP contribution in [-0.2, 0) is 9.84 Å². The molecule has 2 aromatic rings. The molecule has 7 heteroatoms. The van der Waals surface area contributed by atoms with Gasteiger partial charge in [-0.05, 0) is 50.2 Å². The maximum Gasteiger partial charge on any atom is 0.319 e. The van der Waals surface area contributed by atoms with E-state index in [0.29, 0.717) is 11.4 Å². The summed E-state index contributed by atoms with van der Waals surface area (Å²) in [4.78, 5) is 12.1. The van der Waals surface area contributed by atoms with E-state index in [2.05, 4.69) is 10.6 Å². The molecule has 0 unspecified atom stereocenters. The number of sulfone groups is 1. The van der Waals surface area contributed by atoms with Crippen molar-refractivity contribution < 1.29 is 17.6 Å². The summed E-state index contributed by atoms with van der Waals surface area (Å²) >= 11 is 0. The molecule has 1 aromatic heterocycles. The standard InChI is InChI=1S/C15H18N2O4S/c1-10-4-9-14(21-10)11(2)16-15(18)17-12-5-7-13(8-6-12)22(3,19)20/h4-9,11H,1-3H3,(H2,16,17,18)/t11-/m0/s1. The lowest BCUT2D eigenvalue weighted by molar-refractivity contribution is 0.247. The molecule has 2 N–H and O–H groups in total. The zero-order valence-electron chi connectivity index (χ0n) is 12.6. The average molecular weight is 322 g/mol. The summed E-state index contributed by atoms with van der Waals surface area (Å²) in [6.45, 7) is 3.64. The smallest absolute Gasteiger partial charge is 0.319 e. The minimum Gasteiger partial charge on any atom is -0.464 e. The molecule has 22 heavy (non-hydrogen) atoms. The van der Waals surface area contributed by atoms with Crippen molar-refractivity contribution in [2.75, 3.05) is 11.6 Å². The average Bonchev–Trinajstić information content (AvgIpc) is 2.85. The number of amides is 2. The van der Waals surface area contributed by atoms with Gasteiger partial charge in [0.2, 0.25) is 0 Å². The molecule has 0 bridgehead atoms. The molecule has 1 aromatic carbocycles. The lowest BCUT2D eigenvalue weighted by Crippen LogP contribution is -2.30. The Hall–Kier alpha value is -2.28. The van der Waals surface area contributed by atoms with Crippen LogP contribution in [0.1, 0.15) is 24.5 Å². The zero-order chi connectivity index (χ0) is 16.3. The van der Waals surface area contributed by atoms with Crippen LogP contribution < -0.4 is 10.6 Å². The molecule has 118 valence electrons. The van der Waals surface area contributed by atoms with Gasteiger partial charge in [-0.3, -0.25) is 0 Å². The minimum absolute atomic E-state index is 0.206. The number of anilines is 1. The van der Waals surface area contributed by atoms with Crippen molar-refractivity contribution in [3.63, 3.8) is 0 Å². The van der Waals surface area contributed by atoms with Gasteiger partial charge in [0, 0.05) is 11.9 Å². The Morgan fingerprint density at radius 3 is 2.27 bits per heavy atom. The topological polar surface area (TPSA) is 88.4 Å². The van der Waals surface area contributed by atoms with Gasteiger partial charge in [-0.2, -0.15) is 0 Å².